The van der Waals surface area contributed by atoms with Crippen LogP contribution >= 0.6 is 0 Å². The van der Waals surface area contributed by atoms with Gasteiger partial charge in [0.1, 0.15) is 12.4 Å². The van der Waals surface area contributed by atoms with Crippen LogP contribution in [0.4, 0.5) is 0 Å². The highest BCUT2D eigenvalue weighted by atomic mass is 16.5. The summed E-state index contributed by atoms with van der Waals surface area (Å²) >= 11 is 0. The minimum absolute atomic E-state index is 0.0173. The minimum atomic E-state index is 0.0173. The Labute approximate surface area is 202 Å². The van der Waals surface area contributed by atoms with Crippen LogP contribution in [0, 0.1) is 11.8 Å². The van der Waals surface area contributed by atoms with Crippen molar-refractivity contribution >= 4 is 5.78 Å². The van der Waals surface area contributed by atoms with Crippen molar-refractivity contribution in [1.29, 1.82) is 0 Å². The molecule has 4 heteroatoms. The highest BCUT2D eigenvalue weighted by molar-refractivity contribution is 6.04. The molecule has 2 fully saturated rings. The van der Waals surface area contributed by atoms with Crippen molar-refractivity contribution in [2.45, 2.75) is 37.7 Å². The number of nitrogens with zero attached hydrogens (tertiary/aromatic N) is 2. The Balaban J connectivity index is 1.39. The van der Waals surface area contributed by atoms with Gasteiger partial charge in [-0.25, -0.2) is 0 Å². The predicted molar refractivity (Wildman–Crippen MR) is 135 cm³/mol. The van der Waals surface area contributed by atoms with E-state index in [2.05, 4.69) is 41.4 Å². The number of ketones is 1. The van der Waals surface area contributed by atoms with Gasteiger partial charge in [0.15, 0.2) is 5.78 Å². The molecule has 2 aliphatic carbocycles. The first-order chi connectivity index (χ1) is 16.5. The van der Waals surface area contributed by atoms with Crippen molar-refractivity contribution in [2.75, 3.05) is 14.1 Å². The van der Waals surface area contributed by atoms with Crippen LogP contribution < -0.4 is 4.74 Å². The molecule has 2 aliphatic rings. The van der Waals surface area contributed by atoms with Gasteiger partial charge in [-0.2, -0.15) is 0 Å². The molecule has 1 heterocycles. The number of benzene rings is 2. The summed E-state index contributed by atoms with van der Waals surface area (Å²) in [6.45, 7) is 0.466. The van der Waals surface area contributed by atoms with E-state index in [-0.39, 0.29) is 11.2 Å². The van der Waals surface area contributed by atoms with Gasteiger partial charge in [0.25, 0.3) is 0 Å². The van der Waals surface area contributed by atoms with E-state index >= 15 is 0 Å². The number of rotatable bonds is 8. The number of allylic oxidation sites excluding steroid dienone is 1. The molecule has 0 spiro atoms. The Morgan fingerprint density at radius 3 is 2.35 bits per heavy atom. The molecule has 174 valence electrons. The van der Waals surface area contributed by atoms with E-state index in [1.165, 1.54) is 36.8 Å². The number of hydrogen-bond donors (Lipinski definition) is 0. The second-order valence-electron chi connectivity index (χ2n) is 9.91. The van der Waals surface area contributed by atoms with E-state index < -0.39 is 0 Å². The Morgan fingerprint density at radius 2 is 1.76 bits per heavy atom. The number of ether oxygens (including phenoxy) is 1. The lowest BCUT2D eigenvalue weighted by Gasteiger charge is -2.39. The quantitative estimate of drug-likeness (QED) is 0.309. The van der Waals surface area contributed by atoms with E-state index in [4.69, 9.17) is 4.74 Å². The van der Waals surface area contributed by atoms with Crippen LogP contribution in [0.3, 0.4) is 0 Å². The summed E-state index contributed by atoms with van der Waals surface area (Å²) in [6.07, 6.45) is 10.3. The van der Waals surface area contributed by atoms with E-state index in [0.717, 1.165) is 22.9 Å². The topological polar surface area (TPSA) is 42.4 Å². The summed E-state index contributed by atoms with van der Waals surface area (Å²) < 4.78 is 5.98. The molecule has 4 nitrogen and oxygen atoms in total. The lowest BCUT2D eigenvalue weighted by molar-refractivity contribution is 0.104. The fourth-order valence-corrected chi connectivity index (χ4v) is 5.94. The highest BCUT2D eigenvalue weighted by Gasteiger charge is 2.52. The van der Waals surface area contributed by atoms with Gasteiger partial charge in [-0.3, -0.25) is 9.78 Å². The fraction of sp³-hybridized carbons (Fsp3) is 0.333. The average Bonchev–Trinajstić information content (AvgIpc) is 3.49. The normalized spacial score (nSPS) is 23.4. The molecular formula is C30H32N2O2. The summed E-state index contributed by atoms with van der Waals surface area (Å²) in [5.41, 5.74) is 4.36. The Morgan fingerprint density at radius 1 is 1.03 bits per heavy atom. The van der Waals surface area contributed by atoms with Gasteiger partial charge in [-0.05, 0) is 66.5 Å². The van der Waals surface area contributed by atoms with Gasteiger partial charge in [-0.1, -0.05) is 48.9 Å². The second kappa shape index (κ2) is 9.46. The van der Waals surface area contributed by atoms with Gasteiger partial charge >= 0.3 is 0 Å². The number of carbonyl (C=O) groups excluding carboxylic acids is 1. The maximum absolute atomic E-state index is 12.5. The monoisotopic (exact) mass is 452 g/mol. The van der Waals surface area contributed by atoms with Crippen molar-refractivity contribution in [3.8, 4) is 5.75 Å². The third-order valence-electron chi connectivity index (χ3n) is 7.54. The predicted octanol–water partition coefficient (Wildman–Crippen LogP) is 6.02. The van der Waals surface area contributed by atoms with E-state index in [0.29, 0.717) is 12.5 Å². The van der Waals surface area contributed by atoms with Crippen LogP contribution in [0.15, 0.2) is 85.2 Å². The van der Waals surface area contributed by atoms with Crippen molar-refractivity contribution < 1.29 is 9.53 Å². The summed E-state index contributed by atoms with van der Waals surface area (Å²) in [5.74, 6) is 2.33. The standard InChI is InChI=1S/C30H32N2O2/c1-32(2)18-16-29(33)23-7-10-24(11-8-23)30(20-22-6-9-26(30)19-22)25-12-14-28(15-13-25)34-21-27-5-3-4-17-31-27/h3-5,7-8,10-18,22,26H,6,9,19-21H2,1-2H3/t22?,26-,30+/m1/s1. The largest absolute Gasteiger partial charge is 0.487 e. The summed E-state index contributed by atoms with van der Waals surface area (Å²) in [6, 6.07) is 22.9. The van der Waals surface area contributed by atoms with Gasteiger partial charge < -0.3 is 9.64 Å². The van der Waals surface area contributed by atoms with Crippen LogP contribution in [0.1, 0.15) is 52.9 Å². The first kappa shape index (κ1) is 22.4. The fourth-order valence-electron chi connectivity index (χ4n) is 5.94. The molecule has 3 aromatic rings. The molecule has 2 saturated carbocycles. The van der Waals surface area contributed by atoms with Crippen LogP contribution in [-0.4, -0.2) is 29.8 Å². The zero-order valence-corrected chi connectivity index (χ0v) is 20.0. The number of carbonyl (C=O) groups is 1. The second-order valence-corrected chi connectivity index (χ2v) is 9.91. The SMILES string of the molecule is CN(C)C=CC(=O)c1ccc([C@]2(c3ccc(OCc4ccccn4)cc3)CC3CC[C@@H]2C3)cc1. The summed E-state index contributed by atoms with van der Waals surface area (Å²) in [4.78, 5) is 18.7. The molecule has 2 aromatic carbocycles. The Hall–Kier alpha value is -3.40. The molecule has 0 N–H and O–H groups in total. The smallest absolute Gasteiger partial charge is 0.187 e. The number of hydrogen-bond acceptors (Lipinski definition) is 4. The first-order valence-corrected chi connectivity index (χ1v) is 12.2. The zero-order valence-electron chi connectivity index (χ0n) is 20.0. The number of aromatic nitrogens is 1. The maximum Gasteiger partial charge on any atom is 0.187 e. The highest BCUT2D eigenvalue weighted by Crippen LogP contribution is 2.60. The lowest BCUT2D eigenvalue weighted by Crippen LogP contribution is -2.34. The lowest BCUT2D eigenvalue weighted by atomic mass is 9.64. The third-order valence-corrected chi connectivity index (χ3v) is 7.54. The number of fused-ring (bicyclic) bond motifs is 2. The maximum atomic E-state index is 12.5. The van der Waals surface area contributed by atoms with Crippen LogP contribution in [0.2, 0.25) is 0 Å². The van der Waals surface area contributed by atoms with Crippen molar-refractivity contribution in [2.24, 2.45) is 11.8 Å². The van der Waals surface area contributed by atoms with Crippen LogP contribution in [-0.2, 0) is 12.0 Å². The molecule has 3 atom stereocenters. The zero-order chi connectivity index (χ0) is 23.5. The number of pyridine rings is 1. The van der Waals surface area contributed by atoms with Gasteiger partial charge in [0, 0.05) is 43.5 Å². The molecule has 0 saturated heterocycles. The van der Waals surface area contributed by atoms with E-state index in [1.807, 2.05) is 49.3 Å². The molecule has 2 bridgehead atoms. The third kappa shape index (κ3) is 4.37. The molecule has 34 heavy (non-hydrogen) atoms. The van der Waals surface area contributed by atoms with Crippen molar-refractivity contribution in [3.05, 3.63) is 108 Å². The van der Waals surface area contributed by atoms with Gasteiger partial charge in [-0.15, -0.1) is 0 Å². The van der Waals surface area contributed by atoms with Gasteiger partial charge in [0.2, 0.25) is 0 Å². The Bertz CT molecular complexity index is 1150. The van der Waals surface area contributed by atoms with Crippen molar-refractivity contribution in [1.82, 2.24) is 9.88 Å². The molecule has 1 aromatic heterocycles. The van der Waals surface area contributed by atoms with Crippen LogP contribution in [0.5, 0.6) is 5.75 Å². The molecular weight excluding hydrogens is 420 g/mol. The minimum Gasteiger partial charge on any atom is -0.487 e. The van der Waals surface area contributed by atoms with Gasteiger partial charge in [0.05, 0.1) is 5.69 Å². The van der Waals surface area contributed by atoms with Crippen LogP contribution in [0.25, 0.3) is 0 Å². The van der Waals surface area contributed by atoms with Crippen molar-refractivity contribution in [3.63, 3.8) is 0 Å². The van der Waals surface area contributed by atoms with E-state index in [1.54, 1.807) is 18.5 Å². The molecule has 0 aliphatic heterocycles. The average molecular weight is 453 g/mol. The van der Waals surface area contributed by atoms with E-state index in [9.17, 15) is 4.79 Å². The summed E-state index contributed by atoms with van der Waals surface area (Å²) in [5, 5.41) is 0. The molecule has 0 amide bonds. The summed E-state index contributed by atoms with van der Waals surface area (Å²) in [7, 11) is 3.83. The first-order valence-electron chi connectivity index (χ1n) is 12.2. The Kier molecular flexibility index (Phi) is 6.23. The molecule has 5 rings (SSSR count). The molecule has 1 unspecified atom stereocenters. The molecule has 0 radical (unpaired) electrons.